The molecule has 3 aromatic carbocycles. The number of nitrogens with zero attached hydrogens (tertiary/aromatic N) is 2. The van der Waals surface area contributed by atoms with E-state index in [1.807, 2.05) is 31.2 Å². The van der Waals surface area contributed by atoms with Gasteiger partial charge < -0.3 is 19.3 Å². The molecule has 0 radical (unpaired) electrons. The average molecular weight is 770 g/mol. The van der Waals surface area contributed by atoms with Crippen molar-refractivity contribution in [1.29, 1.82) is 0 Å². The van der Waals surface area contributed by atoms with Crippen LogP contribution in [0.25, 0.3) is 6.08 Å². The van der Waals surface area contributed by atoms with Crippen LogP contribution in [-0.2, 0) is 16.1 Å². The van der Waals surface area contributed by atoms with E-state index in [1.54, 1.807) is 48.9 Å². The van der Waals surface area contributed by atoms with Crippen LogP contribution in [0.3, 0.4) is 0 Å². The summed E-state index contributed by atoms with van der Waals surface area (Å²) in [7, 11) is 1.55. The minimum absolute atomic E-state index is 0.181. The Labute approximate surface area is 285 Å². The molecule has 238 valence electrons. The number of carboxylic acid groups (broad SMARTS) is 1. The van der Waals surface area contributed by atoms with E-state index < -0.39 is 18.0 Å². The maximum Gasteiger partial charge on any atom is 0.338 e. The molecule has 46 heavy (non-hydrogen) atoms. The van der Waals surface area contributed by atoms with Crippen molar-refractivity contribution >= 4 is 61.2 Å². The molecule has 12 heteroatoms. The first-order valence-corrected chi connectivity index (χ1v) is 16.8. The summed E-state index contributed by atoms with van der Waals surface area (Å²) in [5.41, 5.74) is 3.03. The lowest BCUT2D eigenvalue weighted by atomic mass is 9.93. The number of halogens is 2. The average Bonchev–Trinajstić information content (AvgIpc) is 3.34. The standard InChI is InChI=1S/C34H30Br2N2O7S/c1-4-6-25-29(33(42)44-5-2)30(23-17-22(35)12-14-26(23)43-3)38-31(39)28(46-34(38)37-25)16-20-9-13-27(24(36)15-20)45-18-19-7-10-21(11-8-19)32(40)41/h7-17,30H,4-6,18H2,1-3H3,(H,40,41)/b28-16+/t30-/m1/s1. The van der Waals surface area contributed by atoms with Crippen LogP contribution in [-0.4, -0.2) is 35.3 Å². The zero-order valence-corrected chi connectivity index (χ0v) is 29.2. The summed E-state index contributed by atoms with van der Waals surface area (Å²) in [6, 6.07) is 16.7. The van der Waals surface area contributed by atoms with Gasteiger partial charge in [0.1, 0.15) is 24.1 Å². The first-order chi connectivity index (χ1) is 22.1. The second-order valence-corrected chi connectivity index (χ2v) is 13.1. The number of fused-ring (bicyclic) bond motifs is 1. The molecule has 1 aliphatic heterocycles. The fraction of sp³-hybridized carbons (Fsp3) is 0.235. The second-order valence-electron chi connectivity index (χ2n) is 10.3. The number of rotatable bonds is 11. The largest absolute Gasteiger partial charge is 0.496 e. The molecule has 1 aliphatic rings. The number of carboxylic acids is 1. The third-order valence-electron chi connectivity index (χ3n) is 7.23. The van der Waals surface area contributed by atoms with Crippen molar-refractivity contribution in [3.05, 3.63) is 123 Å². The summed E-state index contributed by atoms with van der Waals surface area (Å²) < 4.78 is 20.6. The molecule has 1 aromatic heterocycles. The predicted octanol–water partition coefficient (Wildman–Crippen LogP) is 6.39. The predicted molar refractivity (Wildman–Crippen MR) is 182 cm³/mol. The highest BCUT2D eigenvalue weighted by Crippen LogP contribution is 2.38. The lowest BCUT2D eigenvalue weighted by Crippen LogP contribution is -2.40. The molecule has 1 atom stereocenters. The van der Waals surface area contributed by atoms with Crippen LogP contribution < -0.4 is 24.4 Å². The van der Waals surface area contributed by atoms with Crippen LogP contribution in [0.4, 0.5) is 0 Å². The number of carbonyl (C=O) groups is 2. The molecule has 0 saturated heterocycles. The van der Waals surface area contributed by atoms with Crippen molar-refractivity contribution in [2.75, 3.05) is 13.7 Å². The minimum atomic E-state index is -0.984. The molecule has 9 nitrogen and oxygen atoms in total. The highest BCUT2D eigenvalue weighted by Gasteiger charge is 2.36. The molecule has 0 saturated carbocycles. The number of esters is 1. The first kappa shape index (κ1) is 33.4. The molecule has 0 fully saturated rings. The molecule has 5 rings (SSSR count). The van der Waals surface area contributed by atoms with Gasteiger partial charge in [0.05, 0.1) is 39.6 Å². The van der Waals surface area contributed by atoms with Gasteiger partial charge in [0, 0.05) is 10.0 Å². The maximum atomic E-state index is 14.1. The van der Waals surface area contributed by atoms with Gasteiger partial charge in [0.25, 0.3) is 5.56 Å². The van der Waals surface area contributed by atoms with E-state index in [0.717, 1.165) is 22.0 Å². The number of aromatic nitrogens is 1. The summed E-state index contributed by atoms with van der Waals surface area (Å²) in [6.07, 6.45) is 3.06. The van der Waals surface area contributed by atoms with E-state index in [4.69, 9.17) is 24.3 Å². The number of hydrogen-bond acceptors (Lipinski definition) is 8. The van der Waals surface area contributed by atoms with Gasteiger partial charge in [-0.1, -0.05) is 58.8 Å². The summed E-state index contributed by atoms with van der Waals surface area (Å²) in [4.78, 5) is 44.0. The normalized spacial score (nSPS) is 14.5. The zero-order chi connectivity index (χ0) is 33.0. The number of thiazole rings is 1. The maximum absolute atomic E-state index is 14.1. The van der Waals surface area contributed by atoms with Gasteiger partial charge >= 0.3 is 11.9 Å². The van der Waals surface area contributed by atoms with E-state index in [-0.39, 0.29) is 24.3 Å². The Kier molecular flexibility index (Phi) is 10.6. The summed E-state index contributed by atoms with van der Waals surface area (Å²) in [5, 5.41) is 9.11. The number of carbonyl (C=O) groups excluding carboxylic acids is 1. The van der Waals surface area contributed by atoms with Crippen LogP contribution in [0.15, 0.2) is 90.7 Å². The van der Waals surface area contributed by atoms with Gasteiger partial charge in [-0.05, 0) is 88.9 Å². The number of hydrogen-bond donors (Lipinski definition) is 1. The Balaban J connectivity index is 1.55. The van der Waals surface area contributed by atoms with Gasteiger partial charge in [0.2, 0.25) is 0 Å². The molecule has 0 spiro atoms. The van der Waals surface area contributed by atoms with Crippen LogP contribution in [0.1, 0.15) is 59.8 Å². The molecule has 1 N–H and O–H groups in total. The summed E-state index contributed by atoms with van der Waals surface area (Å²) >= 11 is 8.36. The second kappa shape index (κ2) is 14.6. The quantitative estimate of drug-likeness (QED) is 0.176. The van der Waals surface area contributed by atoms with Crippen LogP contribution in [0.2, 0.25) is 0 Å². The monoisotopic (exact) mass is 768 g/mol. The van der Waals surface area contributed by atoms with E-state index in [9.17, 15) is 14.4 Å². The molecule has 0 unspecified atom stereocenters. The Hall–Kier alpha value is -4.00. The Morgan fingerprint density at radius 1 is 1.04 bits per heavy atom. The van der Waals surface area contributed by atoms with Crippen molar-refractivity contribution in [1.82, 2.24) is 4.57 Å². The van der Waals surface area contributed by atoms with E-state index in [1.165, 1.54) is 23.5 Å². The SMILES string of the molecule is CCCC1=C(C(=O)OCC)[C@@H](c2cc(Br)ccc2OC)n2c(s/c(=C/c3ccc(OCc4ccc(C(=O)O)cc4)c(Br)c3)c2=O)=N1. The van der Waals surface area contributed by atoms with Crippen molar-refractivity contribution in [2.45, 2.75) is 39.3 Å². The Morgan fingerprint density at radius 3 is 2.43 bits per heavy atom. The molecule has 0 aliphatic carbocycles. The minimum Gasteiger partial charge on any atom is -0.496 e. The number of aromatic carboxylic acids is 1. The summed E-state index contributed by atoms with van der Waals surface area (Å²) in [5.74, 6) is -0.388. The van der Waals surface area contributed by atoms with E-state index in [0.29, 0.717) is 48.6 Å². The third-order valence-corrected chi connectivity index (χ3v) is 9.32. The molecular weight excluding hydrogens is 740 g/mol. The fourth-order valence-electron chi connectivity index (χ4n) is 5.11. The van der Waals surface area contributed by atoms with Crippen LogP contribution in [0.5, 0.6) is 11.5 Å². The van der Waals surface area contributed by atoms with Gasteiger partial charge in [0.15, 0.2) is 4.80 Å². The highest BCUT2D eigenvalue weighted by atomic mass is 79.9. The zero-order valence-electron chi connectivity index (χ0n) is 25.2. The fourth-order valence-corrected chi connectivity index (χ4v) is 7.02. The van der Waals surface area contributed by atoms with Crippen molar-refractivity contribution in [3.8, 4) is 11.5 Å². The number of ether oxygens (including phenoxy) is 3. The smallest absolute Gasteiger partial charge is 0.338 e. The molecule has 2 heterocycles. The Bertz CT molecular complexity index is 2020. The van der Waals surface area contributed by atoms with Crippen molar-refractivity contribution in [3.63, 3.8) is 0 Å². The Morgan fingerprint density at radius 2 is 1.78 bits per heavy atom. The van der Waals surface area contributed by atoms with Crippen LogP contribution >= 0.6 is 43.2 Å². The lowest BCUT2D eigenvalue weighted by molar-refractivity contribution is -0.139. The topological polar surface area (TPSA) is 116 Å². The number of benzene rings is 3. The van der Waals surface area contributed by atoms with E-state index in [2.05, 4.69) is 31.9 Å². The number of methoxy groups -OCH3 is 1. The lowest BCUT2D eigenvalue weighted by Gasteiger charge is -2.27. The number of allylic oxidation sites excluding steroid dienone is 1. The van der Waals surface area contributed by atoms with Gasteiger partial charge in [-0.3, -0.25) is 9.36 Å². The summed E-state index contributed by atoms with van der Waals surface area (Å²) in [6.45, 7) is 4.18. The highest BCUT2D eigenvalue weighted by molar-refractivity contribution is 9.10. The van der Waals surface area contributed by atoms with Gasteiger partial charge in [-0.15, -0.1) is 0 Å². The van der Waals surface area contributed by atoms with Gasteiger partial charge in [-0.2, -0.15) is 0 Å². The van der Waals surface area contributed by atoms with Crippen LogP contribution in [0, 0.1) is 0 Å². The molecular formula is C34H30Br2N2O7S. The van der Waals surface area contributed by atoms with Crippen molar-refractivity contribution < 1.29 is 28.9 Å². The molecule has 0 bridgehead atoms. The van der Waals surface area contributed by atoms with E-state index >= 15 is 0 Å². The first-order valence-electron chi connectivity index (χ1n) is 14.4. The third kappa shape index (κ3) is 7.03. The van der Waals surface area contributed by atoms with Gasteiger partial charge in [-0.25, -0.2) is 14.6 Å². The molecule has 4 aromatic rings. The molecule has 0 amide bonds. The van der Waals surface area contributed by atoms with Crippen molar-refractivity contribution in [2.24, 2.45) is 4.99 Å².